The van der Waals surface area contributed by atoms with Gasteiger partial charge in [-0.15, -0.1) is 0 Å². The predicted octanol–water partition coefficient (Wildman–Crippen LogP) is 13.6. The average Bonchev–Trinajstić information content (AvgIpc) is 3.11. The second-order valence-corrected chi connectivity index (χ2v) is 15.2. The van der Waals surface area contributed by atoms with Gasteiger partial charge in [0.05, 0.1) is 0 Å². The van der Waals surface area contributed by atoms with Crippen molar-refractivity contribution >= 4 is 17.9 Å². The van der Waals surface area contributed by atoms with E-state index in [0.717, 1.165) is 70.1 Å². The van der Waals surface area contributed by atoms with E-state index in [9.17, 15) is 14.4 Å². The zero-order valence-electron chi connectivity index (χ0n) is 33.9. The average molecular weight is 709 g/mol. The molecular weight excluding hydrogens is 624 g/mol. The quantitative estimate of drug-likeness (QED) is 0.0359. The van der Waals surface area contributed by atoms with Crippen molar-refractivity contribution in [3.05, 3.63) is 0 Å². The summed E-state index contributed by atoms with van der Waals surface area (Å²) in [6.07, 6.45) is 36.9. The zero-order valence-corrected chi connectivity index (χ0v) is 33.9. The third-order valence-corrected chi connectivity index (χ3v) is 10.2. The van der Waals surface area contributed by atoms with Crippen LogP contribution < -0.4 is 0 Å². The normalized spacial score (nSPS) is 12.5. The van der Waals surface area contributed by atoms with Crippen molar-refractivity contribution in [3.8, 4) is 0 Å². The van der Waals surface area contributed by atoms with Gasteiger partial charge in [-0.25, -0.2) is 0 Å². The minimum Gasteiger partial charge on any atom is -0.462 e. The molecule has 0 amide bonds. The maximum absolute atomic E-state index is 12.6. The van der Waals surface area contributed by atoms with Gasteiger partial charge in [-0.1, -0.05) is 201 Å². The van der Waals surface area contributed by atoms with Crippen LogP contribution >= 0.6 is 0 Å². The van der Waals surface area contributed by atoms with E-state index in [-0.39, 0.29) is 31.1 Å². The number of unbranched alkanes of at least 4 members (excludes halogenated alkanes) is 25. The van der Waals surface area contributed by atoms with E-state index < -0.39 is 6.10 Å². The van der Waals surface area contributed by atoms with E-state index in [1.807, 2.05) is 0 Å². The van der Waals surface area contributed by atoms with Gasteiger partial charge in [-0.2, -0.15) is 0 Å². The lowest BCUT2D eigenvalue weighted by Gasteiger charge is -2.18. The fourth-order valence-electron chi connectivity index (χ4n) is 6.42. The zero-order chi connectivity index (χ0) is 36.8. The van der Waals surface area contributed by atoms with Crippen LogP contribution in [-0.4, -0.2) is 37.2 Å². The predicted molar refractivity (Wildman–Crippen MR) is 210 cm³/mol. The van der Waals surface area contributed by atoms with Crippen molar-refractivity contribution in [1.29, 1.82) is 0 Å². The Kier molecular flexibility index (Phi) is 37.4. The molecule has 0 aromatic rings. The van der Waals surface area contributed by atoms with Crippen LogP contribution in [0, 0.1) is 5.92 Å². The molecule has 0 aliphatic rings. The lowest BCUT2D eigenvalue weighted by molar-refractivity contribution is -0.167. The summed E-state index contributed by atoms with van der Waals surface area (Å²) in [6, 6.07) is 0. The Hall–Kier alpha value is -1.59. The molecule has 0 aliphatic carbocycles. The number of esters is 3. The molecule has 2 atom stereocenters. The maximum Gasteiger partial charge on any atom is 0.306 e. The van der Waals surface area contributed by atoms with Crippen LogP contribution in [0.1, 0.15) is 240 Å². The number of rotatable bonds is 39. The van der Waals surface area contributed by atoms with E-state index in [0.29, 0.717) is 19.3 Å². The van der Waals surface area contributed by atoms with Crippen molar-refractivity contribution in [2.75, 3.05) is 13.2 Å². The highest BCUT2D eigenvalue weighted by Crippen LogP contribution is 2.16. The first-order chi connectivity index (χ1) is 24.4. The third-order valence-electron chi connectivity index (χ3n) is 10.2. The molecule has 1 unspecified atom stereocenters. The van der Waals surface area contributed by atoms with Crippen LogP contribution in [0.25, 0.3) is 0 Å². The molecule has 6 nitrogen and oxygen atoms in total. The first-order valence-corrected chi connectivity index (χ1v) is 21.9. The number of hydrogen-bond acceptors (Lipinski definition) is 6. The molecule has 0 bridgehead atoms. The molecule has 0 aromatic heterocycles. The van der Waals surface area contributed by atoms with E-state index in [1.165, 1.54) is 128 Å². The summed E-state index contributed by atoms with van der Waals surface area (Å²) in [5.41, 5.74) is 0. The lowest BCUT2D eigenvalue weighted by atomic mass is 10.00. The fraction of sp³-hybridized carbons (Fsp3) is 0.932. The number of carbonyl (C=O) groups is 3. The number of carbonyl (C=O) groups excluding carboxylic acids is 3. The molecule has 296 valence electrons. The topological polar surface area (TPSA) is 78.9 Å². The van der Waals surface area contributed by atoms with E-state index in [2.05, 4.69) is 27.7 Å². The molecule has 0 spiro atoms. The van der Waals surface area contributed by atoms with Crippen LogP contribution in [0.4, 0.5) is 0 Å². The highest BCUT2D eigenvalue weighted by molar-refractivity contribution is 5.71. The second-order valence-electron chi connectivity index (χ2n) is 15.2. The number of ether oxygens (including phenoxy) is 3. The van der Waals surface area contributed by atoms with E-state index in [4.69, 9.17) is 14.2 Å². The Labute approximate surface area is 310 Å². The van der Waals surface area contributed by atoms with Gasteiger partial charge >= 0.3 is 17.9 Å². The lowest BCUT2D eigenvalue weighted by Crippen LogP contribution is -2.30. The van der Waals surface area contributed by atoms with Gasteiger partial charge in [0.1, 0.15) is 13.2 Å². The summed E-state index contributed by atoms with van der Waals surface area (Å²) in [7, 11) is 0. The highest BCUT2D eigenvalue weighted by atomic mass is 16.6. The van der Waals surface area contributed by atoms with Crippen LogP contribution in [0.5, 0.6) is 0 Å². The molecule has 0 N–H and O–H groups in total. The minimum absolute atomic E-state index is 0.0665. The molecule has 0 heterocycles. The monoisotopic (exact) mass is 709 g/mol. The molecular formula is C44H84O6. The van der Waals surface area contributed by atoms with Gasteiger partial charge in [0.25, 0.3) is 0 Å². The molecule has 0 aromatic carbocycles. The Bertz CT molecular complexity index is 753. The van der Waals surface area contributed by atoms with Gasteiger partial charge in [0.2, 0.25) is 0 Å². The van der Waals surface area contributed by atoms with Crippen molar-refractivity contribution < 1.29 is 28.6 Å². The van der Waals surface area contributed by atoms with Crippen molar-refractivity contribution in [2.24, 2.45) is 5.92 Å². The standard InChI is InChI=1S/C44H84O6/c1-5-8-10-12-13-14-15-16-17-18-19-20-21-22-23-29-33-37-44(47)50-41(38-48-42(45)35-31-26-11-9-6-2)39-49-43(46)36-32-28-25-24-27-30-34-40(4)7-3/h40-41H,5-39H2,1-4H3/t40?,41-/m1/s1. The van der Waals surface area contributed by atoms with Gasteiger partial charge in [0, 0.05) is 19.3 Å². The summed E-state index contributed by atoms with van der Waals surface area (Å²) in [5.74, 6) is -0.0593. The summed E-state index contributed by atoms with van der Waals surface area (Å²) in [6.45, 7) is 8.88. The van der Waals surface area contributed by atoms with Crippen molar-refractivity contribution in [1.82, 2.24) is 0 Å². The molecule has 0 aliphatic heterocycles. The van der Waals surface area contributed by atoms with Crippen molar-refractivity contribution in [2.45, 2.75) is 246 Å². The Balaban J connectivity index is 4.17. The highest BCUT2D eigenvalue weighted by Gasteiger charge is 2.19. The SMILES string of the molecule is CCCCCCCCCCCCCCCCCCCC(=O)O[C@H](COC(=O)CCCCCCC)COC(=O)CCCCCCCCC(C)CC. The Morgan fingerprint density at radius 3 is 1.04 bits per heavy atom. The summed E-state index contributed by atoms with van der Waals surface area (Å²) in [5, 5.41) is 0. The van der Waals surface area contributed by atoms with Gasteiger partial charge in [-0.3, -0.25) is 14.4 Å². The summed E-state index contributed by atoms with van der Waals surface area (Å²) < 4.78 is 16.6. The van der Waals surface area contributed by atoms with Crippen LogP contribution in [0.2, 0.25) is 0 Å². The molecule has 6 heteroatoms. The summed E-state index contributed by atoms with van der Waals surface area (Å²) >= 11 is 0. The second kappa shape index (κ2) is 38.6. The molecule has 0 rings (SSSR count). The molecule has 0 radical (unpaired) electrons. The molecule has 0 saturated heterocycles. The van der Waals surface area contributed by atoms with Crippen LogP contribution in [-0.2, 0) is 28.6 Å². The van der Waals surface area contributed by atoms with Crippen LogP contribution in [0.3, 0.4) is 0 Å². The molecule has 0 saturated carbocycles. The first kappa shape index (κ1) is 48.4. The number of hydrogen-bond donors (Lipinski definition) is 0. The Morgan fingerprint density at radius 1 is 0.400 bits per heavy atom. The molecule has 0 fully saturated rings. The smallest absolute Gasteiger partial charge is 0.306 e. The minimum atomic E-state index is -0.758. The van der Waals surface area contributed by atoms with Gasteiger partial charge in [-0.05, 0) is 25.2 Å². The summed E-state index contributed by atoms with van der Waals surface area (Å²) in [4.78, 5) is 37.4. The largest absolute Gasteiger partial charge is 0.462 e. The molecule has 50 heavy (non-hydrogen) atoms. The first-order valence-electron chi connectivity index (χ1n) is 21.9. The maximum atomic E-state index is 12.6. The van der Waals surface area contributed by atoms with Gasteiger partial charge in [0.15, 0.2) is 6.10 Å². The third kappa shape index (κ3) is 36.2. The van der Waals surface area contributed by atoms with E-state index in [1.54, 1.807) is 0 Å². The Morgan fingerprint density at radius 2 is 0.700 bits per heavy atom. The fourth-order valence-corrected chi connectivity index (χ4v) is 6.42. The van der Waals surface area contributed by atoms with E-state index >= 15 is 0 Å². The van der Waals surface area contributed by atoms with Gasteiger partial charge < -0.3 is 14.2 Å². The van der Waals surface area contributed by atoms with Crippen molar-refractivity contribution in [3.63, 3.8) is 0 Å². The van der Waals surface area contributed by atoms with Crippen LogP contribution in [0.15, 0.2) is 0 Å².